The molecule has 0 aliphatic heterocycles. The average Bonchev–Trinajstić information content (AvgIpc) is 2.72. The first-order chi connectivity index (χ1) is 14.4. The van der Waals surface area contributed by atoms with E-state index in [-0.39, 0.29) is 22.8 Å². The normalized spacial score (nSPS) is 10.4. The highest BCUT2D eigenvalue weighted by molar-refractivity contribution is 7.80. The molecule has 0 heterocycles. The van der Waals surface area contributed by atoms with Crippen molar-refractivity contribution < 1.29 is 19.1 Å². The fourth-order valence-corrected chi connectivity index (χ4v) is 2.60. The number of amides is 2. The molecule has 0 bridgehead atoms. The van der Waals surface area contributed by atoms with E-state index in [4.69, 9.17) is 21.7 Å². The number of para-hydroxylation sites is 1. The molecule has 0 atom stereocenters. The van der Waals surface area contributed by atoms with Crippen molar-refractivity contribution in [1.29, 1.82) is 0 Å². The first-order valence-electron chi connectivity index (χ1n) is 9.73. The fourth-order valence-electron chi connectivity index (χ4n) is 2.39. The van der Waals surface area contributed by atoms with Gasteiger partial charge in [-0.2, -0.15) is 0 Å². The summed E-state index contributed by atoms with van der Waals surface area (Å²) in [6.45, 7) is 6.96. The van der Waals surface area contributed by atoms with Crippen molar-refractivity contribution in [3.05, 3.63) is 54.1 Å². The van der Waals surface area contributed by atoms with E-state index in [9.17, 15) is 9.59 Å². The van der Waals surface area contributed by atoms with Crippen LogP contribution in [0, 0.1) is 5.92 Å². The van der Waals surface area contributed by atoms with Crippen LogP contribution in [0.5, 0.6) is 5.75 Å². The molecule has 8 heteroatoms. The molecule has 0 radical (unpaired) electrons. The molecule has 2 rings (SSSR count). The molecule has 0 aliphatic rings. The number of nitrogens with one attached hydrogen (secondary N) is 3. The van der Waals surface area contributed by atoms with Gasteiger partial charge in [0.2, 0.25) is 5.91 Å². The second kappa shape index (κ2) is 11.9. The second-order valence-electron chi connectivity index (χ2n) is 6.67. The summed E-state index contributed by atoms with van der Waals surface area (Å²) >= 11 is 5.24. The van der Waals surface area contributed by atoms with Crippen LogP contribution in [0.1, 0.15) is 31.1 Å². The molecule has 0 saturated heterocycles. The summed E-state index contributed by atoms with van der Waals surface area (Å²) in [5.41, 5.74) is 1.75. The van der Waals surface area contributed by atoms with Crippen LogP contribution in [-0.2, 0) is 9.53 Å². The minimum atomic E-state index is -0.375. The number of thiocarbonyl (C=S) groups is 1. The Morgan fingerprint density at radius 1 is 0.967 bits per heavy atom. The zero-order valence-corrected chi connectivity index (χ0v) is 18.2. The van der Waals surface area contributed by atoms with Crippen molar-refractivity contribution in [2.75, 3.05) is 30.5 Å². The minimum absolute atomic E-state index is 0.0550. The first kappa shape index (κ1) is 23.3. The van der Waals surface area contributed by atoms with Gasteiger partial charge in [-0.3, -0.25) is 14.9 Å². The Morgan fingerprint density at radius 3 is 2.23 bits per heavy atom. The second-order valence-corrected chi connectivity index (χ2v) is 7.08. The van der Waals surface area contributed by atoms with Crippen molar-refractivity contribution in [2.45, 2.75) is 20.8 Å². The van der Waals surface area contributed by atoms with Gasteiger partial charge >= 0.3 is 0 Å². The van der Waals surface area contributed by atoms with Gasteiger partial charge in [-0.1, -0.05) is 26.0 Å². The minimum Gasteiger partial charge on any atom is -0.490 e. The lowest BCUT2D eigenvalue weighted by Crippen LogP contribution is -2.34. The predicted molar refractivity (Wildman–Crippen MR) is 122 cm³/mol. The van der Waals surface area contributed by atoms with Gasteiger partial charge in [0.1, 0.15) is 12.4 Å². The molecule has 7 nitrogen and oxygen atoms in total. The Hall–Kier alpha value is -2.97. The van der Waals surface area contributed by atoms with Crippen molar-refractivity contribution in [3.63, 3.8) is 0 Å². The molecule has 0 fully saturated rings. The third-order valence-corrected chi connectivity index (χ3v) is 4.19. The van der Waals surface area contributed by atoms with E-state index in [1.165, 1.54) is 0 Å². The number of carbonyl (C=O) groups excluding carboxylic acids is 2. The van der Waals surface area contributed by atoms with E-state index in [1.807, 2.05) is 20.8 Å². The Labute approximate surface area is 182 Å². The number of benzene rings is 2. The largest absolute Gasteiger partial charge is 0.490 e. The molecule has 0 saturated carbocycles. The van der Waals surface area contributed by atoms with Gasteiger partial charge in [-0.25, -0.2) is 0 Å². The summed E-state index contributed by atoms with van der Waals surface area (Å²) in [5.74, 6) is -0.0691. The molecule has 0 aliphatic carbocycles. The highest BCUT2D eigenvalue weighted by Gasteiger charge is 2.14. The predicted octanol–water partition coefficient (Wildman–Crippen LogP) is 3.82. The number of ether oxygens (including phenoxy) is 2. The molecule has 2 aromatic rings. The number of hydrogen-bond acceptors (Lipinski definition) is 5. The van der Waals surface area contributed by atoms with Gasteiger partial charge in [-0.15, -0.1) is 0 Å². The highest BCUT2D eigenvalue weighted by atomic mass is 32.1. The highest BCUT2D eigenvalue weighted by Crippen LogP contribution is 2.18. The zero-order chi connectivity index (χ0) is 21.9. The first-order valence-corrected chi connectivity index (χ1v) is 10.1. The summed E-state index contributed by atoms with van der Waals surface area (Å²) in [6.07, 6.45) is 0. The molecule has 30 heavy (non-hydrogen) atoms. The lowest BCUT2D eigenvalue weighted by atomic mass is 10.2. The molecule has 0 aromatic heterocycles. The van der Waals surface area contributed by atoms with Gasteiger partial charge in [0.05, 0.1) is 12.2 Å². The summed E-state index contributed by atoms with van der Waals surface area (Å²) in [6, 6.07) is 14.0. The van der Waals surface area contributed by atoms with Crippen LogP contribution in [0.2, 0.25) is 0 Å². The lowest BCUT2D eigenvalue weighted by molar-refractivity contribution is -0.118. The van der Waals surface area contributed by atoms with E-state index in [0.29, 0.717) is 42.5 Å². The molecule has 2 amide bonds. The number of rotatable bonds is 9. The van der Waals surface area contributed by atoms with E-state index in [2.05, 4.69) is 16.0 Å². The molecule has 2 aromatic carbocycles. The average molecular weight is 430 g/mol. The van der Waals surface area contributed by atoms with E-state index < -0.39 is 0 Å². The number of anilines is 2. The maximum Gasteiger partial charge on any atom is 0.261 e. The zero-order valence-electron chi connectivity index (χ0n) is 17.4. The molecular weight excluding hydrogens is 402 g/mol. The van der Waals surface area contributed by atoms with Crippen LogP contribution in [0.25, 0.3) is 0 Å². The van der Waals surface area contributed by atoms with Crippen molar-refractivity contribution in [1.82, 2.24) is 5.32 Å². The smallest absolute Gasteiger partial charge is 0.261 e. The molecular formula is C22H27N3O4S. The summed E-state index contributed by atoms with van der Waals surface area (Å²) in [5, 5.41) is 8.57. The Kier molecular flexibility index (Phi) is 9.24. The van der Waals surface area contributed by atoms with E-state index >= 15 is 0 Å². The standard InChI is InChI=1S/C22H27N3O4S/c1-4-28-13-14-29-19-8-6-5-7-18(19)21(27)25-22(30)24-17-11-9-16(10-12-17)23-20(26)15(2)3/h5-12,15H,4,13-14H2,1-3H3,(H,23,26)(H2,24,25,27,30). The maximum absolute atomic E-state index is 12.6. The van der Waals surface area contributed by atoms with E-state index in [0.717, 1.165) is 0 Å². The number of hydrogen-bond donors (Lipinski definition) is 3. The molecule has 160 valence electrons. The Morgan fingerprint density at radius 2 is 1.60 bits per heavy atom. The summed E-state index contributed by atoms with van der Waals surface area (Å²) in [7, 11) is 0. The lowest BCUT2D eigenvalue weighted by Gasteiger charge is -2.13. The maximum atomic E-state index is 12.6. The number of carbonyl (C=O) groups is 2. The van der Waals surface area contributed by atoms with Crippen LogP contribution in [0.4, 0.5) is 11.4 Å². The molecule has 0 spiro atoms. The van der Waals surface area contributed by atoms with Gasteiger partial charge in [-0.05, 0) is 55.5 Å². The van der Waals surface area contributed by atoms with Gasteiger partial charge in [0, 0.05) is 23.9 Å². The van der Waals surface area contributed by atoms with Crippen molar-refractivity contribution in [2.24, 2.45) is 5.92 Å². The topological polar surface area (TPSA) is 88.7 Å². The van der Waals surface area contributed by atoms with Crippen LogP contribution in [0.3, 0.4) is 0 Å². The Balaban J connectivity index is 1.92. The van der Waals surface area contributed by atoms with Crippen molar-refractivity contribution >= 4 is 40.5 Å². The van der Waals surface area contributed by atoms with Crippen LogP contribution in [0.15, 0.2) is 48.5 Å². The SMILES string of the molecule is CCOCCOc1ccccc1C(=O)NC(=S)Nc1ccc(NC(=O)C(C)C)cc1. The van der Waals surface area contributed by atoms with Gasteiger partial charge < -0.3 is 20.1 Å². The molecule has 3 N–H and O–H groups in total. The van der Waals surface area contributed by atoms with Crippen LogP contribution >= 0.6 is 12.2 Å². The summed E-state index contributed by atoms with van der Waals surface area (Å²) in [4.78, 5) is 24.3. The molecule has 0 unspecified atom stereocenters. The third kappa shape index (κ3) is 7.46. The Bertz CT molecular complexity index is 869. The monoisotopic (exact) mass is 429 g/mol. The third-order valence-electron chi connectivity index (χ3n) is 3.98. The van der Waals surface area contributed by atoms with Gasteiger partial charge in [0.25, 0.3) is 5.91 Å². The van der Waals surface area contributed by atoms with Crippen LogP contribution < -0.4 is 20.7 Å². The fraction of sp³-hybridized carbons (Fsp3) is 0.318. The van der Waals surface area contributed by atoms with Crippen molar-refractivity contribution in [3.8, 4) is 5.75 Å². The quantitative estimate of drug-likeness (QED) is 0.415. The van der Waals surface area contributed by atoms with E-state index in [1.54, 1.807) is 48.5 Å². The summed E-state index contributed by atoms with van der Waals surface area (Å²) < 4.78 is 10.9. The van der Waals surface area contributed by atoms with Crippen LogP contribution in [-0.4, -0.2) is 36.7 Å². The van der Waals surface area contributed by atoms with Gasteiger partial charge in [0.15, 0.2) is 5.11 Å².